The summed E-state index contributed by atoms with van der Waals surface area (Å²) in [6.45, 7) is 0. The van der Waals surface area contributed by atoms with Gasteiger partial charge in [-0.3, -0.25) is 0 Å². The summed E-state index contributed by atoms with van der Waals surface area (Å²) in [5, 5.41) is 0. The minimum atomic E-state index is -0.365. The fourth-order valence-corrected chi connectivity index (χ4v) is 8.35. The van der Waals surface area contributed by atoms with Crippen LogP contribution in [0, 0.1) is 0 Å². The van der Waals surface area contributed by atoms with Gasteiger partial charge in [-0.05, 0) is 62.2 Å². The van der Waals surface area contributed by atoms with Gasteiger partial charge in [0.1, 0.15) is 0 Å². The van der Waals surface area contributed by atoms with Crippen LogP contribution in [-0.4, -0.2) is 0 Å². The summed E-state index contributed by atoms with van der Waals surface area (Å²) in [5.74, 6) is 0. The lowest BCUT2D eigenvalue weighted by atomic mass is 9.70. The Morgan fingerprint density at radius 3 is 1.73 bits per heavy atom. The predicted molar refractivity (Wildman–Crippen MR) is 159 cm³/mol. The first-order valence-electron chi connectivity index (χ1n) is 12.6. The molecule has 0 saturated heterocycles. The summed E-state index contributed by atoms with van der Waals surface area (Å²) in [5.41, 5.74) is 13.1. The van der Waals surface area contributed by atoms with Crippen molar-refractivity contribution < 1.29 is 0 Å². The lowest BCUT2D eigenvalue weighted by Crippen LogP contribution is -2.26. The third-order valence-corrected chi connectivity index (χ3v) is 9.74. The summed E-state index contributed by atoms with van der Waals surface area (Å²) in [6.07, 6.45) is 0. The van der Waals surface area contributed by atoms with E-state index in [1.165, 1.54) is 65.4 Å². The quantitative estimate of drug-likeness (QED) is 0.200. The Kier molecular flexibility index (Phi) is 4.56. The smallest absolute Gasteiger partial charge is 0.0740 e. The summed E-state index contributed by atoms with van der Waals surface area (Å²) in [7, 11) is 0. The molecule has 0 amide bonds. The van der Waals surface area contributed by atoms with E-state index in [1.54, 1.807) is 0 Å². The first-order valence-corrected chi connectivity index (χ1v) is 14.2. The second kappa shape index (κ2) is 7.89. The fourth-order valence-electron chi connectivity index (χ4n) is 6.61. The lowest BCUT2D eigenvalue weighted by Gasteiger charge is -2.31. The van der Waals surface area contributed by atoms with Crippen molar-refractivity contribution in [2.75, 3.05) is 0 Å². The zero-order valence-corrected chi connectivity index (χ0v) is 22.3. The molecule has 6 aromatic rings. The number of benzene rings is 5. The highest BCUT2D eigenvalue weighted by molar-refractivity contribution is 9.10. The molecule has 8 rings (SSSR count). The number of halogens is 1. The maximum atomic E-state index is 3.83. The van der Waals surface area contributed by atoms with E-state index in [1.807, 2.05) is 11.3 Å². The van der Waals surface area contributed by atoms with Crippen molar-refractivity contribution in [2.45, 2.75) is 5.41 Å². The molecule has 5 aromatic carbocycles. The first kappa shape index (κ1) is 21.4. The van der Waals surface area contributed by atoms with Crippen molar-refractivity contribution >= 4 is 27.3 Å². The molecular formula is C35H21BrS. The van der Waals surface area contributed by atoms with Gasteiger partial charge in [0.15, 0.2) is 0 Å². The molecule has 2 aliphatic carbocycles. The molecule has 1 heterocycles. The molecule has 2 aliphatic rings. The van der Waals surface area contributed by atoms with Crippen LogP contribution in [-0.2, 0) is 5.41 Å². The van der Waals surface area contributed by atoms with Crippen LogP contribution in [0.3, 0.4) is 0 Å². The van der Waals surface area contributed by atoms with E-state index >= 15 is 0 Å². The van der Waals surface area contributed by atoms with Gasteiger partial charge >= 0.3 is 0 Å². The van der Waals surface area contributed by atoms with Gasteiger partial charge in [0.2, 0.25) is 0 Å². The predicted octanol–water partition coefficient (Wildman–Crippen LogP) is 10.2. The van der Waals surface area contributed by atoms with Gasteiger partial charge in [-0.25, -0.2) is 0 Å². The van der Waals surface area contributed by atoms with Crippen molar-refractivity contribution in [2.24, 2.45) is 0 Å². The summed E-state index contributed by atoms with van der Waals surface area (Å²) in [6, 6.07) is 46.8. The summed E-state index contributed by atoms with van der Waals surface area (Å²) in [4.78, 5) is 2.70. The molecule has 1 unspecified atom stereocenters. The van der Waals surface area contributed by atoms with Crippen molar-refractivity contribution in [3.8, 4) is 43.1 Å². The molecule has 1 atom stereocenters. The molecule has 0 fully saturated rings. The van der Waals surface area contributed by atoms with Gasteiger partial charge in [0, 0.05) is 19.8 Å². The summed E-state index contributed by atoms with van der Waals surface area (Å²) >= 11 is 5.76. The third kappa shape index (κ3) is 2.77. The van der Waals surface area contributed by atoms with Crippen LogP contribution in [0.2, 0.25) is 0 Å². The molecule has 0 N–H and O–H groups in total. The molecule has 1 aromatic heterocycles. The largest absolute Gasteiger partial charge is 0.134 e. The van der Waals surface area contributed by atoms with E-state index in [-0.39, 0.29) is 5.41 Å². The Balaban J connectivity index is 1.61. The van der Waals surface area contributed by atoms with Crippen molar-refractivity contribution in [3.63, 3.8) is 0 Å². The van der Waals surface area contributed by atoms with E-state index in [0.29, 0.717) is 0 Å². The van der Waals surface area contributed by atoms with E-state index in [0.717, 1.165) is 4.47 Å². The van der Waals surface area contributed by atoms with Crippen LogP contribution in [0.4, 0.5) is 0 Å². The number of rotatable bonds is 2. The van der Waals surface area contributed by atoms with Gasteiger partial charge in [-0.15, -0.1) is 11.3 Å². The monoisotopic (exact) mass is 552 g/mol. The minimum absolute atomic E-state index is 0.365. The molecule has 0 bridgehead atoms. The van der Waals surface area contributed by atoms with E-state index in [4.69, 9.17) is 0 Å². The van der Waals surface area contributed by atoms with Gasteiger partial charge in [0.05, 0.1) is 5.41 Å². The molecule has 174 valence electrons. The Labute approximate surface area is 229 Å². The zero-order chi connectivity index (χ0) is 24.6. The van der Waals surface area contributed by atoms with Crippen LogP contribution in [0.15, 0.2) is 132 Å². The second-order valence-electron chi connectivity index (χ2n) is 9.77. The van der Waals surface area contributed by atoms with Crippen molar-refractivity contribution in [3.05, 3.63) is 154 Å². The van der Waals surface area contributed by atoms with Crippen molar-refractivity contribution in [1.82, 2.24) is 0 Å². The highest BCUT2D eigenvalue weighted by atomic mass is 79.9. The number of hydrogen-bond donors (Lipinski definition) is 0. The molecule has 0 saturated carbocycles. The highest BCUT2D eigenvalue weighted by Gasteiger charge is 2.54. The second-order valence-corrected chi connectivity index (χ2v) is 11.7. The van der Waals surface area contributed by atoms with Crippen LogP contribution in [0.5, 0.6) is 0 Å². The Bertz CT molecular complexity index is 1830. The van der Waals surface area contributed by atoms with Crippen molar-refractivity contribution in [1.29, 1.82) is 0 Å². The average molecular weight is 554 g/mol. The van der Waals surface area contributed by atoms with Gasteiger partial charge < -0.3 is 0 Å². The number of fused-ring (bicyclic) bond motifs is 10. The van der Waals surface area contributed by atoms with E-state index in [2.05, 4.69) is 143 Å². The standard InChI is InChI=1S/C35H21BrS/c36-24-19-20-26-25-15-7-9-17-28(25)35(30(26)21-24)29-18-10-8-16-27(29)31-32(35)34(23-13-5-2-6-14-23)37-33(31)22-11-3-1-4-12-22/h1-21H. The maximum absolute atomic E-state index is 3.83. The number of thiophene rings is 1. The van der Waals surface area contributed by atoms with Crippen LogP contribution < -0.4 is 0 Å². The molecule has 0 nitrogen and oxygen atoms in total. The SMILES string of the molecule is Brc1ccc2c(c1)C1(c3ccccc3-2)c2ccccc2-c2c(-c3ccccc3)sc(-c3ccccc3)c21. The topological polar surface area (TPSA) is 0 Å². The average Bonchev–Trinajstić information content (AvgIpc) is 3.58. The molecular weight excluding hydrogens is 532 g/mol. The Morgan fingerprint density at radius 1 is 0.486 bits per heavy atom. The van der Waals surface area contributed by atoms with Crippen LogP contribution in [0.25, 0.3) is 43.1 Å². The molecule has 37 heavy (non-hydrogen) atoms. The Morgan fingerprint density at radius 2 is 1.03 bits per heavy atom. The van der Waals surface area contributed by atoms with Gasteiger partial charge in [-0.1, -0.05) is 131 Å². The van der Waals surface area contributed by atoms with Gasteiger partial charge in [-0.2, -0.15) is 0 Å². The Hall–Kier alpha value is -3.72. The normalized spacial score (nSPS) is 16.4. The number of hydrogen-bond acceptors (Lipinski definition) is 1. The first-order chi connectivity index (χ1) is 18.3. The maximum Gasteiger partial charge on any atom is 0.0740 e. The van der Waals surface area contributed by atoms with Crippen LogP contribution >= 0.6 is 27.3 Å². The summed E-state index contributed by atoms with van der Waals surface area (Å²) < 4.78 is 1.11. The zero-order valence-electron chi connectivity index (χ0n) is 19.9. The molecule has 1 spiro atoms. The fraction of sp³-hybridized carbons (Fsp3) is 0.0286. The van der Waals surface area contributed by atoms with Crippen LogP contribution in [0.1, 0.15) is 22.3 Å². The minimum Gasteiger partial charge on any atom is -0.134 e. The van der Waals surface area contributed by atoms with Gasteiger partial charge in [0.25, 0.3) is 0 Å². The molecule has 0 aliphatic heterocycles. The lowest BCUT2D eigenvalue weighted by molar-refractivity contribution is 0.798. The highest BCUT2D eigenvalue weighted by Crippen LogP contribution is 2.68. The van der Waals surface area contributed by atoms with E-state index in [9.17, 15) is 0 Å². The van der Waals surface area contributed by atoms with E-state index < -0.39 is 0 Å². The molecule has 2 heteroatoms. The third-order valence-electron chi connectivity index (χ3n) is 7.96. The molecule has 0 radical (unpaired) electrons.